The summed E-state index contributed by atoms with van der Waals surface area (Å²) in [6.07, 6.45) is 20.1. The van der Waals surface area contributed by atoms with Gasteiger partial charge in [0, 0.05) is 79.5 Å². The average Bonchev–Trinajstić information content (AvgIpc) is 1.63. The number of carbonyl (C=O) groups is 5. The number of aliphatic carboxylic acids is 1. The number of amides is 1. The number of aromatic nitrogens is 10. The molecule has 13 aromatic rings. The van der Waals surface area contributed by atoms with E-state index in [1.807, 2.05) is 181 Å². The van der Waals surface area contributed by atoms with E-state index in [2.05, 4.69) is 99.3 Å². The smallest absolute Gasteiger partial charge is 0.335 e. The predicted molar refractivity (Wildman–Crippen MR) is 541 cm³/mol. The number of hydrogen-bond acceptors (Lipinski definition) is 20. The molecule has 1 N–H and O–H groups in total. The molecule has 8 aromatic carbocycles. The molecule has 730 valence electrons. The second-order valence-corrected chi connectivity index (χ2v) is 39.6. The Morgan fingerprint density at radius 2 is 0.750 bits per heavy atom. The van der Waals surface area contributed by atoms with Crippen LogP contribution >= 0.6 is 0 Å². The van der Waals surface area contributed by atoms with Crippen LogP contribution in [0.5, 0.6) is 23.0 Å². The SMILES string of the molecule is CC(=O)C(C)(C)OCc1cc(-c2cccc(OC3CC3)c2)n(-c2ccccc2-n2cccn2)n1.CC(=O)C(C)(C)OCc1cc(-c2cccc(OC3CC3)c2)n(-c2ccccc2N2CCCC2=O)n1.CC(=O)C(C)(C)OCc1cc(-c2cccc(OC3CCC3)c2)n(Cc2ccccc2N2CCCC2)n1.C[C@@H]1CCN(c2ccccc2-n2nc(COC(C)(C)C(=O)O)cc2-c2cccc(OC3CC3)c2)C1. The van der Waals surface area contributed by atoms with E-state index in [-0.39, 0.29) is 49.7 Å². The van der Waals surface area contributed by atoms with Crippen molar-refractivity contribution in [1.29, 1.82) is 0 Å². The van der Waals surface area contributed by atoms with Crippen LogP contribution in [0, 0.1) is 5.92 Å². The Morgan fingerprint density at radius 1 is 0.371 bits per heavy atom. The van der Waals surface area contributed by atoms with Gasteiger partial charge in [0.2, 0.25) is 5.91 Å². The van der Waals surface area contributed by atoms with Crippen molar-refractivity contribution < 1.29 is 67.0 Å². The van der Waals surface area contributed by atoms with Gasteiger partial charge in [-0.3, -0.25) is 23.9 Å². The molecule has 8 heterocycles. The summed E-state index contributed by atoms with van der Waals surface area (Å²) < 4.78 is 57.5. The topological polar surface area (TPSA) is 278 Å². The van der Waals surface area contributed by atoms with Gasteiger partial charge in [-0.1, -0.05) is 110 Å². The number of hydrogen-bond donors (Lipinski definition) is 1. The van der Waals surface area contributed by atoms with Crippen LogP contribution in [0.15, 0.2) is 237 Å². The van der Waals surface area contributed by atoms with Crippen molar-refractivity contribution in [2.75, 3.05) is 47.4 Å². The highest BCUT2D eigenvalue weighted by Crippen LogP contribution is 2.42. The molecule has 0 unspecified atom stereocenters. The zero-order valence-electron chi connectivity index (χ0n) is 82.4. The van der Waals surface area contributed by atoms with Crippen LogP contribution in [0.1, 0.15) is 201 Å². The molecule has 27 nitrogen and oxygen atoms in total. The number of rotatable bonds is 37. The third-order valence-electron chi connectivity index (χ3n) is 26.8. The fourth-order valence-corrected chi connectivity index (χ4v) is 16.8. The first-order valence-corrected chi connectivity index (χ1v) is 49.3. The quantitative estimate of drug-likeness (QED) is 0.0379. The average molecular weight is 1890 g/mol. The predicted octanol–water partition coefficient (Wildman–Crippen LogP) is 21.6. The summed E-state index contributed by atoms with van der Waals surface area (Å²) in [5.41, 5.74) is 14.8. The van der Waals surface area contributed by atoms with Crippen molar-refractivity contribution in [2.45, 2.75) is 253 Å². The molecule has 4 saturated carbocycles. The van der Waals surface area contributed by atoms with Gasteiger partial charge in [0.15, 0.2) is 23.0 Å². The zero-order valence-corrected chi connectivity index (χ0v) is 82.4. The van der Waals surface area contributed by atoms with E-state index < -0.39 is 28.4 Å². The molecule has 0 bridgehead atoms. The Bertz CT molecular complexity index is 6540. The van der Waals surface area contributed by atoms with Crippen LogP contribution in [-0.2, 0) is 75.9 Å². The Morgan fingerprint density at radius 3 is 1.14 bits per heavy atom. The molecule has 7 aliphatic rings. The number of para-hydroxylation sites is 7. The standard InChI is InChI=1S/C30H37N3O3.C28H31N3O4.C28H33N3O4.C27H28N4O3/c1-22(34)30(2,3)35-21-25-19-29(23-11-8-14-27(18-23)36-26-12-9-13-26)33(31-25)20-24-10-4-5-15-28(24)32-16-6-7-17-32;1-19(32)28(2,3)34-18-21-17-26(20-8-6-9-23(16-20)35-22-13-14-22)31(29-21)25-11-5-4-10-24(25)30-15-7-12-27(30)33;1-19-13-14-30(17-19)24-9-4-5-10-25(24)31-26(16-21(29-31)18-34-28(2,3)27(32)33)20-7-6-8-23(15-20)35-22-11-12-22;1-19(32)27(2,3)33-18-21-17-26(20-8-6-9-23(16-20)34-22-12-13-22)31(29-21)25-11-5-4-10-24(25)30-15-7-14-28-30/h4-5,8,10-11,14-15,18-19,26H,6-7,9,12-13,16-17,20-21H2,1-3H3;4-6,8-11,16-17,22H,7,12-15,18H2,1-3H3;4-10,15-16,19,22H,11-14,17-18H2,1-3H3,(H,32,33);4-11,14-17,22H,12-13,18H2,1-3H3/t;;19-;/m..1./s1. The maximum atomic E-state index is 12.6. The molecule has 140 heavy (non-hydrogen) atoms. The lowest BCUT2D eigenvalue weighted by atomic mass is 9.96. The highest BCUT2D eigenvalue weighted by Gasteiger charge is 2.35. The first-order chi connectivity index (χ1) is 67.4. The fourth-order valence-electron chi connectivity index (χ4n) is 16.8. The zero-order chi connectivity index (χ0) is 98.0. The number of anilines is 3. The lowest BCUT2D eigenvalue weighted by Gasteiger charge is -2.26. The molecule has 3 saturated heterocycles. The Hall–Kier alpha value is -13.6. The van der Waals surface area contributed by atoms with E-state index in [0.717, 1.165) is 198 Å². The Labute approximate surface area is 819 Å². The molecule has 0 spiro atoms. The molecule has 27 heteroatoms. The van der Waals surface area contributed by atoms with Gasteiger partial charge in [-0.2, -0.15) is 25.5 Å². The summed E-state index contributed by atoms with van der Waals surface area (Å²) in [5, 5.41) is 33.5. The number of benzene rings is 8. The minimum absolute atomic E-state index is 0.00235. The second kappa shape index (κ2) is 43.0. The number of carboxylic acid groups (broad SMARTS) is 1. The molecule has 1 amide bonds. The van der Waals surface area contributed by atoms with Crippen molar-refractivity contribution in [1.82, 2.24) is 48.9 Å². The maximum absolute atomic E-state index is 12.6. The van der Waals surface area contributed by atoms with Crippen LogP contribution < -0.4 is 33.6 Å². The lowest BCUT2D eigenvalue weighted by Crippen LogP contribution is -2.34. The van der Waals surface area contributed by atoms with E-state index in [0.29, 0.717) is 61.2 Å². The first kappa shape index (κ1) is 98.0. The van der Waals surface area contributed by atoms with Gasteiger partial charge in [0.25, 0.3) is 0 Å². The van der Waals surface area contributed by atoms with E-state index in [4.69, 9.17) is 58.3 Å². The number of ether oxygens (including phenoxy) is 8. The van der Waals surface area contributed by atoms with Crippen molar-refractivity contribution in [3.63, 3.8) is 0 Å². The van der Waals surface area contributed by atoms with Gasteiger partial charge in [0.1, 0.15) is 39.8 Å². The monoisotopic (exact) mass is 1890 g/mol. The number of Topliss-reactive ketones (excluding diaryl/α,β-unsaturated/α-hetero) is 3. The summed E-state index contributed by atoms with van der Waals surface area (Å²) in [6, 6.07) is 75.2. The molecule has 4 aliphatic carbocycles. The molecule has 0 radical (unpaired) electrons. The Kier molecular flexibility index (Phi) is 30.1. The minimum atomic E-state index is -1.30. The van der Waals surface area contributed by atoms with E-state index >= 15 is 0 Å². The fraction of sp³-hybridized carbons (Fsp3) is 0.398. The summed E-state index contributed by atoms with van der Waals surface area (Å²) >= 11 is 0. The molecule has 1 atom stereocenters. The van der Waals surface area contributed by atoms with Crippen LogP contribution in [0.3, 0.4) is 0 Å². The van der Waals surface area contributed by atoms with Gasteiger partial charge in [-0.15, -0.1) is 0 Å². The van der Waals surface area contributed by atoms with Crippen molar-refractivity contribution in [3.8, 4) is 90.8 Å². The van der Waals surface area contributed by atoms with Gasteiger partial charge in [-0.05, 0) is 292 Å². The first-order valence-electron chi connectivity index (χ1n) is 49.3. The highest BCUT2D eigenvalue weighted by molar-refractivity contribution is 5.97. The summed E-state index contributed by atoms with van der Waals surface area (Å²) in [7, 11) is 0. The Balaban J connectivity index is 0.000000129. The number of ketones is 3. The van der Waals surface area contributed by atoms with Gasteiger partial charge >= 0.3 is 5.97 Å². The van der Waals surface area contributed by atoms with Crippen molar-refractivity contribution in [3.05, 3.63) is 265 Å². The molecular formula is C113H129N13O14. The van der Waals surface area contributed by atoms with Crippen LogP contribution in [0.25, 0.3) is 67.8 Å². The van der Waals surface area contributed by atoms with Gasteiger partial charge in [0.05, 0.1) is 137 Å². The molecule has 5 aromatic heterocycles. The van der Waals surface area contributed by atoms with Gasteiger partial charge < -0.3 is 57.7 Å². The van der Waals surface area contributed by atoms with Crippen molar-refractivity contribution in [2.24, 2.45) is 5.92 Å². The van der Waals surface area contributed by atoms with Crippen LogP contribution in [0.4, 0.5) is 17.1 Å². The minimum Gasteiger partial charge on any atom is -0.490 e. The normalized spacial score (nSPS) is 16.1. The van der Waals surface area contributed by atoms with Gasteiger partial charge in [-0.25, -0.2) is 23.5 Å². The van der Waals surface area contributed by atoms with E-state index in [1.165, 1.54) is 50.8 Å². The molecule has 7 fully saturated rings. The number of carbonyl (C=O) groups excluding carboxylic acids is 4. The largest absolute Gasteiger partial charge is 0.490 e. The third-order valence-corrected chi connectivity index (χ3v) is 26.8. The lowest BCUT2D eigenvalue weighted by molar-refractivity contribution is -0.162. The van der Waals surface area contributed by atoms with E-state index in [1.54, 1.807) is 68.5 Å². The maximum Gasteiger partial charge on any atom is 0.335 e. The van der Waals surface area contributed by atoms with Crippen LogP contribution in [-0.4, -0.2) is 163 Å². The van der Waals surface area contributed by atoms with E-state index in [9.17, 15) is 29.1 Å². The number of nitrogens with zero attached hydrogens (tertiary/aromatic N) is 13. The van der Waals surface area contributed by atoms with Crippen molar-refractivity contribution >= 4 is 46.3 Å². The second-order valence-electron chi connectivity index (χ2n) is 39.6. The number of carboxylic acids is 1. The van der Waals surface area contributed by atoms with Crippen LogP contribution in [0.2, 0.25) is 0 Å². The molecular weight excluding hydrogens is 1760 g/mol. The summed E-state index contributed by atoms with van der Waals surface area (Å²) in [4.78, 5) is 66.7. The highest BCUT2D eigenvalue weighted by atomic mass is 16.5. The third kappa shape index (κ3) is 24.4. The molecule has 20 rings (SSSR count). The summed E-state index contributed by atoms with van der Waals surface area (Å²) in [6.45, 7) is 27.1. The summed E-state index contributed by atoms with van der Waals surface area (Å²) in [5.74, 6) is 3.14. The molecule has 3 aliphatic heterocycles.